The molecule has 23 heavy (non-hydrogen) atoms. The molecule has 0 atom stereocenters. The van der Waals surface area contributed by atoms with Crippen molar-refractivity contribution in [2.45, 2.75) is 19.9 Å². The molecular formula is C18H17FN2O2. The third-order valence-electron chi connectivity index (χ3n) is 3.77. The maximum absolute atomic E-state index is 13.3. The molecule has 1 aromatic heterocycles. The highest BCUT2D eigenvalue weighted by Gasteiger charge is 2.17. The Balaban J connectivity index is 1.75. The summed E-state index contributed by atoms with van der Waals surface area (Å²) in [7, 11) is 0. The molecule has 0 spiro atoms. The maximum Gasteiger partial charge on any atom is 0.229 e. The van der Waals surface area contributed by atoms with Crippen LogP contribution < -0.4 is 0 Å². The lowest BCUT2D eigenvalue weighted by Gasteiger charge is -2.20. The summed E-state index contributed by atoms with van der Waals surface area (Å²) in [6.07, 6.45) is 0.167. The third kappa shape index (κ3) is 3.39. The van der Waals surface area contributed by atoms with Gasteiger partial charge in [0.15, 0.2) is 5.58 Å². The van der Waals surface area contributed by atoms with E-state index in [9.17, 15) is 9.18 Å². The Morgan fingerprint density at radius 2 is 2.04 bits per heavy atom. The number of benzene rings is 2. The average Bonchev–Trinajstić information content (AvgIpc) is 2.96. The molecule has 4 nitrogen and oxygen atoms in total. The lowest BCUT2D eigenvalue weighted by atomic mass is 10.1. The zero-order chi connectivity index (χ0) is 16.2. The van der Waals surface area contributed by atoms with Gasteiger partial charge in [0.25, 0.3) is 0 Å². The first kappa shape index (κ1) is 15.2. The molecule has 0 aliphatic heterocycles. The minimum absolute atomic E-state index is 0.0594. The topological polar surface area (TPSA) is 46.3 Å². The Hall–Kier alpha value is -2.69. The van der Waals surface area contributed by atoms with Crippen LogP contribution >= 0.6 is 0 Å². The summed E-state index contributed by atoms with van der Waals surface area (Å²) in [5.41, 5.74) is 2.07. The van der Waals surface area contributed by atoms with Gasteiger partial charge in [0.1, 0.15) is 11.5 Å². The minimum atomic E-state index is -0.298. The van der Waals surface area contributed by atoms with Gasteiger partial charge in [0, 0.05) is 18.5 Å². The summed E-state index contributed by atoms with van der Waals surface area (Å²) in [5, 5.41) is 4.84. The van der Waals surface area contributed by atoms with Gasteiger partial charge in [-0.15, -0.1) is 0 Å². The standard InChI is InChI=1S/C18H17FN2O2/c1-2-21(12-13-6-5-7-14(19)10-13)18(22)11-16-15-8-3-4-9-17(15)23-20-16/h3-10H,2,11-12H2,1H3. The highest BCUT2D eigenvalue weighted by Crippen LogP contribution is 2.19. The zero-order valence-electron chi connectivity index (χ0n) is 12.8. The van der Waals surface area contributed by atoms with Crippen molar-refractivity contribution in [3.63, 3.8) is 0 Å². The van der Waals surface area contributed by atoms with Crippen molar-refractivity contribution in [1.82, 2.24) is 10.1 Å². The molecule has 1 heterocycles. The Kier molecular flexibility index (Phi) is 4.37. The summed E-state index contributed by atoms with van der Waals surface area (Å²) >= 11 is 0. The van der Waals surface area contributed by atoms with Crippen molar-refractivity contribution >= 4 is 16.9 Å². The summed E-state index contributed by atoms with van der Waals surface area (Å²) in [6.45, 7) is 2.83. The molecule has 0 aliphatic rings. The molecule has 2 aromatic carbocycles. The molecule has 3 aromatic rings. The average molecular weight is 312 g/mol. The summed E-state index contributed by atoms with van der Waals surface area (Å²) in [5.74, 6) is -0.357. The highest BCUT2D eigenvalue weighted by molar-refractivity contribution is 5.86. The Bertz CT molecular complexity index is 829. The smallest absolute Gasteiger partial charge is 0.229 e. The quantitative estimate of drug-likeness (QED) is 0.723. The third-order valence-corrected chi connectivity index (χ3v) is 3.77. The van der Waals surface area contributed by atoms with Gasteiger partial charge in [-0.2, -0.15) is 0 Å². The van der Waals surface area contributed by atoms with Gasteiger partial charge >= 0.3 is 0 Å². The normalized spacial score (nSPS) is 10.9. The summed E-state index contributed by atoms with van der Waals surface area (Å²) in [6, 6.07) is 13.8. The number of carbonyl (C=O) groups is 1. The predicted octanol–water partition coefficient (Wildman–Crippen LogP) is 3.56. The van der Waals surface area contributed by atoms with Crippen molar-refractivity contribution in [3.8, 4) is 0 Å². The number of carbonyl (C=O) groups excluding carboxylic acids is 1. The van der Waals surface area contributed by atoms with Gasteiger partial charge in [-0.1, -0.05) is 29.4 Å². The second kappa shape index (κ2) is 6.60. The van der Waals surface area contributed by atoms with E-state index in [0.29, 0.717) is 24.4 Å². The van der Waals surface area contributed by atoms with E-state index in [0.717, 1.165) is 10.9 Å². The summed E-state index contributed by atoms with van der Waals surface area (Å²) < 4.78 is 18.5. The lowest BCUT2D eigenvalue weighted by molar-refractivity contribution is -0.130. The molecule has 0 unspecified atom stereocenters. The molecule has 0 aliphatic carbocycles. The first-order valence-corrected chi connectivity index (χ1v) is 7.53. The van der Waals surface area contributed by atoms with E-state index >= 15 is 0 Å². The van der Waals surface area contributed by atoms with Gasteiger partial charge in [-0.3, -0.25) is 4.79 Å². The fourth-order valence-electron chi connectivity index (χ4n) is 2.55. The monoisotopic (exact) mass is 312 g/mol. The van der Waals surface area contributed by atoms with E-state index in [2.05, 4.69) is 5.16 Å². The van der Waals surface area contributed by atoms with E-state index in [4.69, 9.17) is 4.52 Å². The van der Waals surface area contributed by atoms with E-state index in [1.54, 1.807) is 11.0 Å². The molecule has 5 heteroatoms. The molecule has 0 saturated carbocycles. The number of halogens is 1. The first-order chi connectivity index (χ1) is 11.2. The second-order valence-electron chi connectivity index (χ2n) is 5.34. The van der Waals surface area contributed by atoms with Gasteiger partial charge in [0.2, 0.25) is 5.91 Å². The van der Waals surface area contributed by atoms with Crippen LogP contribution in [0.5, 0.6) is 0 Å². The number of aromatic nitrogens is 1. The largest absolute Gasteiger partial charge is 0.356 e. The van der Waals surface area contributed by atoms with Crippen LogP contribution in [0.2, 0.25) is 0 Å². The molecule has 1 amide bonds. The van der Waals surface area contributed by atoms with Crippen LogP contribution in [-0.4, -0.2) is 22.5 Å². The molecule has 0 bridgehead atoms. The molecule has 0 radical (unpaired) electrons. The van der Waals surface area contributed by atoms with Crippen LogP contribution in [0.25, 0.3) is 11.0 Å². The number of hydrogen-bond donors (Lipinski definition) is 0. The number of amides is 1. The van der Waals surface area contributed by atoms with Gasteiger partial charge in [-0.25, -0.2) is 4.39 Å². The highest BCUT2D eigenvalue weighted by atomic mass is 19.1. The zero-order valence-corrected chi connectivity index (χ0v) is 12.8. The van der Waals surface area contributed by atoms with Crippen LogP contribution in [0.15, 0.2) is 53.1 Å². The maximum atomic E-state index is 13.3. The van der Waals surface area contributed by atoms with Crippen molar-refractivity contribution in [2.24, 2.45) is 0 Å². The van der Waals surface area contributed by atoms with Gasteiger partial charge in [0.05, 0.1) is 6.42 Å². The number of nitrogens with zero attached hydrogens (tertiary/aromatic N) is 2. The van der Waals surface area contributed by atoms with Crippen molar-refractivity contribution < 1.29 is 13.7 Å². The fourth-order valence-corrected chi connectivity index (χ4v) is 2.55. The Morgan fingerprint density at radius 3 is 2.83 bits per heavy atom. The van der Waals surface area contributed by atoms with Crippen LogP contribution in [0.4, 0.5) is 4.39 Å². The van der Waals surface area contributed by atoms with E-state index in [1.807, 2.05) is 37.3 Å². The minimum Gasteiger partial charge on any atom is -0.356 e. The van der Waals surface area contributed by atoms with Crippen LogP contribution in [0, 0.1) is 5.82 Å². The fraction of sp³-hybridized carbons (Fsp3) is 0.222. The Morgan fingerprint density at radius 1 is 1.22 bits per heavy atom. The number of likely N-dealkylation sites (N-methyl/N-ethyl adjacent to an activating group) is 1. The Labute approximate surface area is 133 Å². The van der Waals surface area contributed by atoms with Gasteiger partial charge < -0.3 is 9.42 Å². The molecular weight excluding hydrogens is 295 g/mol. The number of rotatable bonds is 5. The number of fused-ring (bicyclic) bond motifs is 1. The van der Waals surface area contributed by atoms with Crippen molar-refractivity contribution in [3.05, 3.63) is 65.6 Å². The van der Waals surface area contributed by atoms with E-state index < -0.39 is 0 Å². The van der Waals surface area contributed by atoms with E-state index in [1.165, 1.54) is 12.1 Å². The number of hydrogen-bond acceptors (Lipinski definition) is 3. The molecule has 0 fully saturated rings. The first-order valence-electron chi connectivity index (χ1n) is 7.53. The molecule has 118 valence electrons. The summed E-state index contributed by atoms with van der Waals surface area (Å²) in [4.78, 5) is 14.2. The van der Waals surface area contributed by atoms with E-state index in [-0.39, 0.29) is 18.1 Å². The van der Waals surface area contributed by atoms with Gasteiger partial charge in [-0.05, 0) is 36.8 Å². The van der Waals surface area contributed by atoms with Crippen LogP contribution in [-0.2, 0) is 17.8 Å². The lowest BCUT2D eigenvalue weighted by Crippen LogP contribution is -2.31. The van der Waals surface area contributed by atoms with Crippen molar-refractivity contribution in [1.29, 1.82) is 0 Å². The predicted molar refractivity (Wildman–Crippen MR) is 85.2 cm³/mol. The van der Waals surface area contributed by atoms with Crippen LogP contribution in [0.3, 0.4) is 0 Å². The van der Waals surface area contributed by atoms with Crippen molar-refractivity contribution in [2.75, 3.05) is 6.54 Å². The van der Waals surface area contributed by atoms with Crippen LogP contribution in [0.1, 0.15) is 18.2 Å². The second-order valence-corrected chi connectivity index (χ2v) is 5.34. The molecule has 0 N–H and O–H groups in total. The molecule has 0 saturated heterocycles. The molecule has 3 rings (SSSR count). The number of para-hydroxylation sites is 1. The SMILES string of the molecule is CCN(Cc1cccc(F)c1)C(=O)Cc1noc2ccccc12.